The van der Waals surface area contributed by atoms with Gasteiger partial charge in [0, 0.05) is 22.5 Å². The Kier molecular flexibility index (Phi) is 6.24. The molecule has 152 valence electrons. The van der Waals surface area contributed by atoms with Crippen molar-refractivity contribution in [1.29, 1.82) is 0 Å². The predicted molar refractivity (Wildman–Crippen MR) is 116 cm³/mol. The lowest BCUT2D eigenvalue weighted by molar-refractivity contribution is -0.115. The first kappa shape index (κ1) is 21.3. The van der Waals surface area contributed by atoms with Gasteiger partial charge in [-0.3, -0.25) is 4.79 Å². The average Bonchev–Trinajstić information content (AvgIpc) is 3.09. The first-order chi connectivity index (χ1) is 13.7. The smallest absolute Gasteiger partial charge is 0.225 e. The third kappa shape index (κ3) is 5.13. The molecule has 3 rings (SSSR count). The van der Waals surface area contributed by atoms with E-state index in [0.29, 0.717) is 28.3 Å². The number of carbonyl (C=O) groups is 1. The topological polar surface area (TPSA) is 89.3 Å². The first-order valence-electron chi connectivity index (χ1n) is 8.99. The fourth-order valence-corrected chi connectivity index (χ4v) is 4.99. The van der Waals surface area contributed by atoms with Gasteiger partial charge in [-0.25, -0.2) is 8.42 Å². The number of sulfone groups is 1. The molecule has 0 fully saturated rings. The van der Waals surface area contributed by atoms with Gasteiger partial charge in [-0.05, 0) is 66.0 Å². The number of nitrogens with zero attached hydrogens (tertiary/aromatic N) is 1. The van der Waals surface area contributed by atoms with E-state index in [1.54, 1.807) is 44.2 Å². The monoisotopic (exact) mass is 476 g/mol. The van der Waals surface area contributed by atoms with Gasteiger partial charge in [-0.1, -0.05) is 23.4 Å². The molecule has 0 aliphatic rings. The molecule has 0 atom stereocenters. The quantitative estimate of drug-likeness (QED) is 0.549. The van der Waals surface area contributed by atoms with Crippen LogP contribution in [0.4, 0.5) is 5.69 Å². The van der Waals surface area contributed by atoms with Gasteiger partial charge in [-0.2, -0.15) is 0 Å². The second-order valence-electron chi connectivity index (χ2n) is 6.91. The highest BCUT2D eigenvalue weighted by Crippen LogP contribution is 2.27. The second kappa shape index (κ2) is 8.51. The van der Waals surface area contributed by atoms with E-state index >= 15 is 0 Å². The van der Waals surface area contributed by atoms with Gasteiger partial charge in [0.05, 0.1) is 22.0 Å². The standard InChI is InChI=1S/C21H21BrN2O4S/c1-13-4-7-18(17(22)10-13)23-21(25)8-9-29(26,27)20-12-16(6-5-14(20)2)19-11-15(3)24-28-19/h4-7,10-12H,8-9H2,1-3H3,(H,23,25). The van der Waals surface area contributed by atoms with E-state index in [1.165, 1.54) is 0 Å². The molecule has 0 aliphatic heterocycles. The molecule has 1 aromatic heterocycles. The number of carbonyl (C=O) groups excluding carboxylic acids is 1. The molecule has 29 heavy (non-hydrogen) atoms. The summed E-state index contributed by atoms with van der Waals surface area (Å²) in [4.78, 5) is 12.5. The van der Waals surface area contributed by atoms with Crippen LogP contribution < -0.4 is 5.32 Å². The number of amides is 1. The molecule has 0 aliphatic carbocycles. The Morgan fingerprint density at radius 3 is 2.52 bits per heavy atom. The zero-order valence-electron chi connectivity index (χ0n) is 16.3. The number of halogens is 1. The molecule has 3 aromatic rings. The van der Waals surface area contributed by atoms with E-state index in [1.807, 2.05) is 19.1 Å². The van der Waals surface area contributed by atoms with Crippen LogP contribution in [-0.4, -0.2) is 25.2 Å². The fourth-order valence-electron chi connectivity index (χ4n) is 2.86. The Balaban J connectivity index is 1.74. The summed E-state index contributed by atoms with van der Waals surface area (Å²) >= 11 is 3.40. The van der Waals surface area contributed by atoms with Crippen LogP contribution in [-0.2, 0) is 14.6 Å². The van der Waals surface area contributed by atoms with E-state index in [2.05, 4.69) is 26.4 Å². The van der Waals surface area contributed by atoms with Crippen LogP contribution >= 0.6 is 15.9 Å². The Labute approximate surface area is 178 Å². The van der Waals surface area contributed by atoms with Gasteiger partial charge in [-0.15, -0.1) is 0 Å². The number of benzene rings is 2. The molecule has 1 amide bonds. The molecule has 0 saturated heterocycles. The van der Waals surface area contributed by atoms with Gasteiger partial charge in [0.2, 0.25) is 5.91 Å². The van der Waals surface area contributed by atoms with Gasteiger partial charge in [0.25, 0.3) is 0 Å². The number of nitrogens with one attached hydrogen (secondary N) is 1. The van der Waals surface area contributed by atoms with Crippen molar-refractivity contribution in [1.82, 2.24) is 5.16 Å². The first-order valence-corrected chi connectivity index (χ1v) is 11.4. The molecule has 2 aromatic carbocycles. The van der Waals surface area contributed by atoms with Crippen LogP contribution in [0.3, 0.4) is 0 Å². The molecule has 6 nitrogen and oxygen atoms in total. The van der Waals surface area contributed by atoms with Crippen molar-refractivity contribution >= 4 is 37.4 Å². The molecule has 0 saturated carbocycles. The van der Waals surface area contributed by atoms with Crippen molar-refractivity contribution in [2.24, 2.45) is 0 Å². The summed E-state index contributed by atoms with van der Waals surface area (Å²) < 4.78 is 31.7. The summed E-state index contributed by atoms with van der Waals surface area (Å²) in [6.45, 7) is 5.47. The van der Waals surface area contributed by atoms with Crippen molar-refractivity contribution in [3.63, 3.8) is 0 Å². The largest absolute Gasteiger partial charge is 0.356 e. The fraction of sp³-hybridized carbons (Fsp3) is 0.238. The lowest BCUT2D eigenvalue weighted by Crippen LogP contribution is -2.18. The van der Waals surface area contributed by atoms with Crippen LogP contribution in [0.1, 0.15) is 23.2 Å². The highest BCUT2D eigenvalue weighted by molar-refractivity contribution is 9.10. The van der Waals surface area contributed by atoms with Crippen LogP contribution in [0.15, 0.2) is 56.4 Å². The molecule has 0 unspecified atom stereocenters. The minimum Gasteiger partial charge on any atom is -0.356 e. The molecule has 0 radical (unpaired) electrons. The lowest BCUT2D eigenvalue weighted by Gasteiger charge is -2.11. The molecule has 0 bridgehead atoms. The minimum absolute atomic E-state index is 0.145. The number of aromatic nitrogens is 1. The third-order valence-electron chi connectivity index (χ3n) is 4.43. The maximum Gasteiger partial charge on any atom is 0.225 e. The summed E-state index contributed by atoms with van der Waals surface area (Å²) in [6, 6.07) is 12.4. The van der Waals surface area contributed by atoms with Crippen molar-refractivity contribution < 1.29 is 17.7 Å². The number of hydrogen-bond acceptors (Lipinski definition) is 5. The minimum atomic E-state index is -3.65. The number of rotatable bonds is 6. The van der Waals surface area contributed by atoms with Crippen LogP contribution in [0, 0.1) is 20.8 Å². The summed E-state index contributed by atoms with van der Waals surface area (Å²) in [5.74, 6) is -0.152. The zero-order valence-corrected chi connectivity index (χ0v) is 18.7. The summed E-state index contributed by atoms with van der Waals surface area (Å²) in [6.07, 6.45) is -0.145. The molecule has 1 heterocycles. The Morgan fingerprint density at radius 2 is 1.86 bits per heavy atom. The number of hydrogen-bond donors (Lipinski definition) is 1. The van der Waals surface area contributed by atoms with Crippen molar-refractivity contribution in [2.45, 2.75) is 32.1 Å². The molecular weight excluding hydrogens is 456 g/mol. The predicted octanol–water partition coefficient (Wildman–Crippen LogP) is 4.83. The van der Waals surface area contributed by atoms with E-state index < -0.39 is 9.84 Å². The lowest BCUT2D eigenvalue weighted by atomic mass is 10.1. The molecular formula is C21H21BrN2O4S. The van der Waals surface area contributed by atoms with Gasteiger partial charge < -0.3 is 9.84 Å². The second-order valence-corrected chi connectivity index (χ2v) is 9.85. The van der Waals surface area contributed by atoms with E-state index in [4.69, 9.17) is 4.52 Å². The van der Waals surface area contributed by atoms with Gasteiger partial charge in [0.15, 0.2) is 15.6 Å². The van der Waals surface area contributed by atoms with E-state index in [-0.39, 0.29) is 23.0 Å². The molecule has 0 spiro atoms. The van der Waals surface area contributed by atoms with Crippen molar-refractivity contribution in [2.75, 3.05) is 11.1 Å². The Hall–Kier alpha value is -2.45. The van der Waals surface area contributed by atoms with Crippen LogP contribution in [0.2, 0.25) is 0 Å². The van der Waals surface area contributed by atoms with Crippen LogP contribution in [0.25, 0.3) is 11.3 Å². The highest BCUT2D eigenvalue weighted by atomic mass is 79.9. The Morgan fingerprint density at radius 1 is 1.10 bits per heavy atom. The number of aryl methyl sites for hydroxylation is 3. The maximum atomic E-state index is 12.9. The normalized spacial score (nSPS) is 11.4. The highest BCUT2D eigenvalue weighted by Gasteiger charge is 2.20. The van der Waals surface area contributed by atoms with Crippen molar-refractivity contribution in [3.05, 3.63) is 63.8 Å². The zero-order chi connectivity index (χ0) is 21.2. The van der Waals surface area contributed by atoms with Gasteiger partial charge >= 0.3 is 0 Å². The summed E-state index contributed by atoms with van der Waals surface area (Å²) in [7, 11) is -3.65. The summed E-state index contributed by atoms with van der Waals surface area (Å²) in [5, 5.41) is 6.58. The van der Waals surface area contributed by atoms with Crippen molar-refractivity contribution in [3.8, 4) is 11.3 Å². The molecule has 1 N–H and O–H groups in total. The average molecular weight is 477 g/mol. The SMILES string of the molecule is Cc1ccc(NC(=O)CCS(=O)(=O)c2cc(-c3cc(C)no3)ccc2C)c(Br)c1. The molecule has 8 heteroatoms. The van der Waals surface area contributed by atoms with Gasteiger partial charge in [0.1, 0.15) is 0 Å². The van der Waals surface area contributed by atoms with Crippen LogP contribution in [0.5, 0.6) is 0 Å². The maximum absolute atomic E-state index is 12.9. The summed E-state index contributed by atoms with van der Waals surface area (Å²) in [5.41, 5.74) is 3.62. The van der Waals surface area contributed by atoms with E-state index in [0.717, 1.165) is 10.0 Å². The third-order valence-corrected chi connectivity index (χ3v) is 6.94. The van der Waals surface area contributed by atoms with E-state index in [9.17, 15) is 13.2 Å². The number of anilines is 1. The Bertz CT molecular complexity index is 1170.